The van der Waals surface area contributed by atoms with Crippen LogP contribution in [-0.4, -0.2) is 55.9 Å². The molecule has 0 aliphatic heterocycles. The molecule has 6 nitrogen and oxygen atoms in total. The van der Waals surface area contributed by atoms with E-state index in [2.05, 4.69) is 31.9 Å². The first-order chi connectivity index (χ1) is 11.3. The van der Waals surface area contributed by atoms with E-state index in [0.29, 0.717) is 0 Å². The molecule has 4 aliphatic carbocycles. The van der Waals surface area contributed by atoms with E-state index >= 15 is 0 Å². The SMILES string of the molecule is COC1(OC)C(=O)[C@@H]2C=C(Br)[C@H]1[C@H]1C(OC)(OC)C(=O)C=C[C@]21Br. The minimum absolute atomic E-state index is 0.214. The van der Waals surface area contributed by atoms with Crippen LogP contribution < -0.4 is 0 Å². The highest BCUT2D eigenvalue weighted by Crippen LogP contribution is 2.64. The Morgan fingerprint density at radius 3 is 2.04 bits per heavy atom. The van der Waals surface area contributed by atoms with Gasteiger partial charge in [0, 0.05) is 32.9 Å². The molecule has 4 rings (SSSR count). The predicted molar refractivity (Wildman–Crippen MR) is 91.8 cm³/mol. The van der Waals surface area contributed by atoms with Gasteiger partial charge < -0.3 is 18.9 Å². The number of hydrogen-bond donors (Lipinski definition) is 0. The zero-order valence-corrected chi connectivity index (χ0v) is 16.8. The zero-order chi connectivity index (χ0) is 17.9. The smallest absolute Gasteiger partial charge is 0.238 e. The molecule has 0 saturated heterocycles. The first-order valence-electron chi connectivity index (χ1n) is 7.33. The van der Waals surface area contributed by atoms with Gasteiger partial charge in [-0.25, -0.2) is 0 Å². The van der Waals surface area contributed by atoms with Gasteiger partial charge in [0.1, 0.15) is 0 Å². The van der Waals surface area contributed by atoms with Crippen molar-refractivity contribution in [2.75, 3.05) is 28.4 Å². The number of ether oxygens (including phenoxy) is 4. The molecule has 2 bridgehead atoms. The summed E-state index contributed by atoms with van der Waals surface area (Å²) in [6.45, 7) is 0. The maximum atomic E-state index is 13.1. The molecule has 0 spiro atoms. The minimum atomic E-state index is -1.56. The number of alkyl halides is 1. The number of ketones is 2. The van der Waals surface area contributed by atoms with Crippen molar-refractivity contribution in [3.05, 3.63) is 22.7 Å². The Hall–Kier alpha value is -0.380. The van der Waals surface area contributed by atoms with E-state index in [9.17, 15) is 9.59 Å². The van der Waals surface area contributed by atoms with Crippen molar-refractivity contribution in [3.8, 4) is 0 Å². The van der Waals surface area contributed by atoms with Crippen molar-refractivity contribution in [1.29, 1.82) is 0 Å². The summed E-state index contributed by atoms with van der Waals surface area (Å²) in [6.07, 6.45) is 4.93. The highest BCUT2D eigenvalue weighted by Gasteiger charge is 2.75. The summed E-state index contributed by atoms with van der Waals surface area (Å²) >= 11 is 7.22. The van der Waals surface area contributed by atoms with Gasteiger partial charge in [-0.3, -0.25) is 9.59 Å². The lowest BCUT2D eigenvalue weighted by molar-refractivity contribution is -0.291. The fourth-order valence-electron chi connectivity index (χ4n) is 4.31. The number of hydrogen-bond acceptors (Lipinski definition) is 6. The van der Waals surface area contributed by atoms with Crippen molar-refractivity contribution in [2.45, 2.75) is 15.9 Å². The first kappa shape index (κ1) is 18.4. The van der Waals surface area contributed by atoms with Crippen LogP contribution in [0.15, 0.2) is 22.7 Å². The van der Waals surface area contributed by atoms with Gasteiger partial charge in [0.15, 0.2) is 0 Å². The van der Waals surface area contributed by atoms with E-state index in [1.54, 1.807) is 6.08 Å². The van der Waals surface area contributed by atoms with E-state index in [-0.39, 0.29) is 11.6 Å². The highest BCUT2D eigenvalue weighted by atomic mass is 79.9. The van der Waals surface area contributed by atoms with Crippen molar-refractivity contribution in [2.24, 2.45) is 17.8 Å². The van der Waals surface area contributed by atoms with Crippen LogP contribution in [0.4, 0.5) is 0 Å². The van der Waals surface area contributed by atoms with E-state index < -0.39 is 33.7 Å². The summed E-state index contributed by atoms with van der Waals surface area (Å²) in [5.41, 5.74) is 0. The molecule has 0 radical (unpaired) electrons. The van der Waals surface area contributed by atoms with Crippen LogP contribution in [0.3, 0.4) is 0 Å². The fraction of sp³-hybridized carbons (Fsp3) is 0.625. The van der Waals surface area contributed by atoms with Gasteiger partial charge in [-0.05, 0) is 6.08 Å². The summed E-state index contributed by atoms with van der Waals surface area (Å²) in [5.74, 6) is -5.44. The summed E-state index contributed by atoms with van der Waals surface area (Å²) in [6, 6.07) is 0. The number of Topliss-reactive ketones (excluding diaryl/α,β-unsaturated/α-hetero) is 1. The summed E-state index contributed by atoms with van der Waals surface area (Å²) in [4.78, 5) is 25.8. The number of halogens is 2. The number of carbonyl (C=O) groups excluding carboxylic acids is 2. The number of allylic oxidation sites excluding steroid dienone is 2. The molecular weight excluding hydrogens is 448 g/mol. The third kappa shape index (κ3) is 1.90. The number of carbonyl (C=O) groups is 2. The lowest BCUT2D eigenvalue weighted by Gasteiger charge is -2.61. The van der Waals surface area contributed by atoms with Gasteiger partial charge in [0.25, 0.3) is 0 Å². The number of rotatable bonds is 4. The predicted octanol–water partition coefficient (Wildman–Crippen LogP) is 1.96. The van der Waals surface area contributed by atoms with E-state index in [1.807, 2.05) is 6.08 Å². The molecule has 0 aromatic rings. The lowest BCUT2D eigenvalue weighted by atomic mass is 9.54. The maximum absolute atomic E-state index is 13.1. The Kier molecular flexibility index (Phi) is 4.47. The van der Waals surface area contributed by atoms with Crippen LogP contribution in [0.1, 0.15) is 0 Å². The number of fused-ring (bicyclic) bond motifs is 1. The van der Waals surface area contributed by atoms with Crippen molar-refractivity contribution < 1.29 is 28.5 Å². The molecule has 0 heterocycles. The molecule has 0 unspecified atom stereocenters. The van der Waals surface area contributed by atoms with Crippen LogP contribution in [0.25, 0.3) is 0 Å². The molecule has 8 heteroatoms. The van der Waals surface area contributed by atoms with Gasteiger partial charge >= 0.3 is 0 Å². The van der Waals surface area contributed by atoms with Crippen LogP contribution in [0, 0.1) is 17.8 Å². The Morgan fingerprint density at radius 2 is 1.54 bits per heavy atom. The van der Waals surface area contributed by atoms with Gasteiger partial charge in [-0.1, -0.05) is 44.0 Å². The largest absolute Gasteiger partial charge is 0.346 e. The first-order valence-corrected chi connectivity index (χ1v) is 8.92. The van der Waals surface area contributed by atoms with Crippen molar-refractivity contribution in [3.63, 3.8) is 0 Å². The lowest BCUT2D eigenvalue weighted by Crippen LogP contribution is -2.75. The molecule has 0 amide bonds. The normalized spacial score (nSPS) is 38.9. The summed E-state index contributed by atoms with van der Waals surface area (Å²) in [5, 5.41) is 0. The molecule has 0 aromatic heterocycles. The standard InChI is InChI=1S/C16H18Br2O6/c1-21-15(22-2)10(19)5-6-14(18)8-7-9(17)11(12(14)15)16(23-3,24-4)13(8)20/h5-8,11-12H,1-4H3/t8-,11-,12+,14-/m0/s1. The van der Waals surface area contributed by atoms with Crippen LogP contribution >= 0.6 is 31.9 Å². The second-order valence-corrected chi connectivity index (χ2v) is 8.31. The second kappa shape index (κ2) is 5.82. The maximum Gasteiger partial charge on any atom is 0.238 e. The fourth-order valence-corrected chi connectivity index (χ4v) is 6.18. The summed E-state index contributed by atoms with van der Waals surface area (Å²) < 4.78 is 22.1. The average molecular weight is 466 g/mol. The monoisotopic (exact) mass is 464 g/mol. The van der Waals surface area contributed by atoms with E-state index in [1.165, 1.54) is 34.5 Å². The Bertz CT molecular complexity index is 649. The average Bonchev–Trinajstić information content (AvgIpc) is 2.58. The van der Waals surface area contributed by atoms with E-state index in [4.69, 9.17) is 18.9 Å². The van der Waals surface area contributed by atoms with Crippen molar-refractivity contribution >= 4 is 43.4 Å². The summed E-state index contributed by atoms with van der Waals surface area (Å²) in [7, 11) is 5.66. The van der Waals surface area contributed by atoms with E-state index in [0.717, 1.165) is 4.48 Å². The van der Waals surface area contributed by atoms with Crippen LogP contribution in [0.5, 0.6) is 0 Å². The molecular formula is C16H18Br2O6. The van der Waals surface area contributed by atoms with Gasteiger partial charge in [0.2, 0.25) is 23.1 Å². The molecule has 4 aliphatic rings. The minimum Gasteiger partial charge on any atom is -0.346 e. The Morgan fingerprint density at radius 1 is 1.00 bits per heavy atom. The van der Waals surface area contributed by atoms with Crippen LogP contribution in [-0.2, 0) is 28.5 Å². The molecule has 24 heavy (non-hydrogen) atoms. The molecule has 0 N–H and O–H groups in total. The van der Waals surface area contributed by atoms with Crippen LogP contribution in [0.2, 0.25) is 0 Å². The quantitative estimate of drug-likeness (QED) is 0.467. The topological polar surface area (TPSA) is 71.1 Å². The molecule has 132 valence electrons. The van der Waals surface area contributed by atoms with Gasteiger partial charge in [-0.2, -0.15) is 0 Å². The van der Waals surface area contributed by atoms with Gasteiger partial charge in [-0.15, -0.1) is 0 Å². The Labute approximate surface area is 156 Å². The molecule has 1 fully saturated rings. The zero-order valence-electron chi connectivity index (χ0n) is 13.7. The molecule has 0 aromatic carbocycles. The third-order valence-corrected chi connectivity index (χ3v) is 7.41. The second-order valence-electron chi connectivity index (χ2n) is 6.03. The third-order valence-electron chi connectivity index (χ3n) is 5.40. The highest BCUT2D eigenvalue weighted by molar-refractivity contribution is 9.11. The Balaban J connectivity index is 2.32. The van der Waals surface area contributed by atoms with Crippen molar-refractivity contribution in [1.82, 2.24) is 0 Å². The number of methoxy groups -OCH3 is 4. The van der Waals surface area contributed by atoms with Gasteiger partial charge in [0.05, 0.1) is 22.1 Å². The molecule has 1 saturated carbocycles. The molecule has 4 atom stereocenters.